The van der Waals surface area contributed by atoms with Gasteiger partial charge in [-0.2, -0.15) is 0 Å². The summed E-state index contributed by atoms with van der Waals surface area (Å²) in [6.07, 6.45) is 3.26. The van der Waals surface area contributed by atoms with E-state index in [-0.39, 0.29) is 11.5 Å². The van der Waals surface area contributed by atoms with Crippen molar-refractivity contribution in [1.82, 2.24) is 4.90 Å². The van der Waals surface area contributed by atoms with E-state index in [4.69, 9.17) is 17.3 Å². The molecule has 0 aromatic heterocycles. The Balaban J connectivity index is 2.30. The molecule has 20 heavy (non-hydrogen) atoms. The minimum atomic E-state index is -1.00. The normalized spacial score (nSPS) is 16.8. The third kappa shape index (κ3) is 2.97. The molecule has 0 unspecified atom stereocenters. The highest BCUT2D eigenvalue weighted by Crippen LogP contribution is 2.32. The molecular weight excluding hydrogens is 294 g/mol. The molecular formula is C14H11NO3S2. The number of aromatic carboxylic acids is 1. The van der Waals surface area contributed by atoms with Crippen molar-refractivity contribution < 1.29 is 14.7 Å². The van der Waals surface area contributed by atoms with Gasteiger partial charge in [-0.15, -0.1) is 6.58 Å². The Labute approximate surface area is 125 Å². The predicted octanol–water partition coefficient (Wildman–Crippen LogP) is 2.77. The lowest BCUT2D eigenvalue weighted by Gasteiger charge is -2.10. The van der Waals surface area contributed by atoms with E-state index in [1.54, 1.807) is 24.3 Å². The standard InChI is InChI=1S/C14H11NO3S2/c1-2-6-15-12(16)11(20-14(15)19)8-9-4-3-5-10(7-9)13(17)18/h2-5,7-8H,1,6H2,(H,17,18)/b11-8+. The zero-order valence-corrected chi connectivity index (χ0v) is 12.0. The Bertz CT molecular complexity index is 637. The highest BCUT2D eigenvalue weighted by molar-refractivity contribution is 8.26. The summed E-state index contributed by atoms with van der Waals surface area (Å²) in [5, 5.41) is 8.94. The van der Waals surface area contributed by atoms with E-state index >= 15 is 0 Å². The van der Waals surface area contributed by atoms with Gasteiger partial charge >= 0.3 is 5.97 Å². The zero-order chi connectivity index (χ0) is 14.7. The molecule has 6 heteroatoms. The van der Waals surface area contributed by atoms with Gasteiger partial charge in [0.25, 0.3) is 5.91 Å². The molecule has 0 spiro atoms. The molecule has 1 saturated heterocycles. The van der Waals surface area contributed by atoms with E-state index in [1.807, 2.05) is 0 Å². The molecule has 1 aromatic rings. The first-order chi connectivity index (χ1) is 9.52. The Hall–Kier alpha value is -1.92. The van der Waals surface area contributed by atoms with Crippen LogP contribution in [-0.2, 0) is 4.79 Å². The largest absolute Gasteiger partial charge is 0.478 e. The highest BCUT2D eigenvalue weighted by Gasteiger charge is 2.30. The molecule has 0 radical (unpaired) electrons. The SMILES string of the molecule is C=CCN1C(=O)/C(=C\c2cccc(C(=O)O)c2)SC1=S. The smallest absolute Gasteiger partial charge is 0.335 e. The maximum Gasteiger partial charge on any atom is 0.335 e. The third-order valence-electron chi connectivity index (χ3n) is 2.62. The molecule has 1 heterocycles. The van der Waals surface area contributed by atoms with Gasteiger partial charge in [0.1, 0.15) is 4.32 Å². The van der Waals surface area contributed by atoms with Crippen molar-refractivity contribution in [3.63, 3.8) is 0 Å². The molecule has 1 aliphatic rings. The van der Waals surface area contributed by atoms with Crippen LogP contribution in [0.5, 0.6) is 0 Å². The zero-order valence-electron chi connectivity index (χ0n) is 10.4. The lowest BCUT2D eigenvalue weighted by atomic mass is 10.1. The van der Waals surface area contributed by atoms with Gasteiger partial charge in [0, 0.05) is 6.54 Å². The summed E-state index contributed by atoms with van der Waals surface area (Å²) in [5.74, 6) is -1.18. The van der Waals surface area contributed by atoms with Gasteiger partial charge in [-0.1, -0.05) is 42.2 Å². The molecule has 0 bridgehead atoms. The molecule has 102 valence electrons. The van der Waals surface area contributed by atoms with Gasteiger partial charge in [-0.25, -0.2) is 4.79 Å². The first-order valence-corrected chi connectivity index (χ1v) is 6.95. The van der Waals surface area contributed by atoms with Crippen molar-refractivity contribution in [2.75, 3.05) is 6.54 Å². The van der Waals surface area contributed by atoms with E-state index in [1.165, 1.54) is 28.8 Å². The van der Waals surface area contributed by atoms with Crippen LogP contribution in [0.3, 0.4) is 0 Å². The van der Waals surface area contributed by atoms with Crippen molar-refractivity contribution in [2.45, 2.75) is 0 Å². The van der Waals surface area contributed by atoms with Crippen LogP contribution < -0.4 is 0 Å². The van der Waals surface area contributed by atoms with E-state index in [2.05, 4.69) is 6.58 Å². The maximum absolute atomic E-state index is 12.1. The van der Waals surface area contributed by atoms with Crippen molar-refractivity contribution in [2.24, 2.45) is 0 Å². The molecule has 0 aliphatic carbocycles. The average molecular weight is 305 g/mol. The third-order valence-corrected chi connectivity index (χ3v) is 3.99. The monoisotopic (exact) mass is 305 g/mol. The fraction of sp³-hybridized carbons (Fsp3) is 0.0714. The number of carbonyl (C=O) groups is 2. The van der Waals surface area contributed by atoms with E-state index in [0.717, 1.165) is 0 Å². The predicted molar refractivity (Wildman–Crippen MR) is 83.5 cm³/mol. The van der Waals surface area contributed by atoms with Crippen molar-refractivity contribution in [1.29, 1.82) is 0 Å². The number of carbonyl (C=O) groups excluding carboxylic acids is 1. The van der Waals surface area contributed by atoms with Gasteiger partial charge in [0.15, 0.2) is 0 Å². The molecule has 2 rings (SSSR count). The van der Waals surface area contributed by atoms with E-state index in [9.17, 15) is 9.59 Å². The first kappa shape index (κ1) is 14.5. The summed E-state index contributed by atoms with van der Waals surface area (Å²) in [6.45, 7) is 3.96. The van der Waals surface area contributed by atoms with Crippen LogP contribution in [0.4, 0.5) is 0 Å². The lowest BCUT2D eigenvalue weighted by molar-refractivity contribution is -0.121. The number of hydrogen-bond acceptors (Lipinski definition) is 4. The van der Waals surface area contributed by atoms with Crippen molar-refractivity contribution in [3.8, 4) is 0 Å². The van der Waals surface area contributed by atoms with E-state index < -0.39 is 5.97 Å². The number of thioether (sulfide) groups is 1. The summed E-state index contributed by atoms with van der Waals surface area (Å²) in [7, 11) is 0. The van der Waals surface area contributed by atoms with Crippen LogP contribution in [0.2, 0.25) is 0 Å². The quantitative estimate of drug-likeness (QED) is 0.526. The highest BCUT2D eigenvalue weighted by atomic mass is 32.2. The molecule has 0 saturated carbocycles. The summed E-state index contributed by atoms with van der Waals surface area (Å²) in [4.78, 5) is 25.0. The fourth-order valence-electron chi connectivity index (χ4n) is 1.70. The summed E-state index contributed by atoms with van der Waals surface area (Å²) in [6, 6.07) is 6.40. The van der Waals surface area contributed by atoms with Crippen LogP contribution in [0.15, 0.2) is 41.8 Å². The van der Waals surface area contributed by atoms with Crippen molar-refractivity contribution in [3.05, 3.63) is 53.0 Å². The molecule has 1 aliphatic heterocycles. The van der Waals surface area contributed by atoms with E-state index in [0.29, 0.717) is 21.3 Å². The van der Waals surface area contributed by atoms with Crippen LogP contribution in [0.1, 0.15) is 15.9 Å². The first-order valence-electron chi connectivity index (χ1n) is 5.72. The van der Waals surface area contributed by atoms with Gasteiger partial charge in [-0.3, -0.25) is 9.69 Å². The van der Waals surface area contributed by atoms with Crippen molar-refractivity contribution >= 4 is 46.3 Å². The number of amides is 1. The van der Waals surface area contributed by atoms with Crippen LogP contribution in [0, 0.1) is 0 Å². The van der Waals surface area contributed by atoms with Crippen LogP contribution >= 0.6 is 24.0 Å². The topological polar surface area (TPSA) is 57.6 Å². The second-order valence-corrected chi connectivity index (χ2v) is 5.69. The number of thiocarbonyl (C=S) groups is 1. The number of benzene rings is 1. The summed E-state index contributed by atoms with van der Waals surface area (Å²) in [5.41, 5.74) is 0.837. The number of rotatable bonds is 4. The van der Waals surface area contributed by atoms with Gasteiger partial charge < -0.3 is 5.11 Å². The summed E-state index contributed by atoms with van der Waals surface area (Å²) < 4.78 is 0.482. The Morgan fingerprint density at radius 2 is 2.25 bits per heavy atom. The number of nitrogens with zero attached hydrogens (tertiary/aromatic N) is 1. The Kier molecular flexibility index (Phi) is 4.36. The van der Waals surface area contributed by atoms with Crippen LogP contribution in [-0.4, -0.2) is 32.7 Å². The molecule has 1 amide bonds. The molecule has 1 aromatic carbocycles. The summed E-state index contributed by atoms with van der Waals surface area (Å²) >= 11 is 6.33. The Morgan fingerprint density at radius 1 is 1.50 bits per heavy atom. The molecule has 1 fully saturated rings. The molecule has 1 N–H and O–H groups in total. The maximum atomic E-state index is 12.1. The second-order valence-electron chi connectivity index (χ2n) is 4.01. The minimum absolute atomic E-state index is 0.180. The van der Waals surface area contributed by atoms with Gasteiger partial charge in [0.05, 0.1) is 10.5 Å². The number of hydrogen-bond donors (Lipinski definition) is 1. The average Bonchev–Trinajstić information content (AvgIpc) is 2.67. The van der Waals surface area contributed by atoms with Gasteiger partial charge in [-0.05, 0) is 23.8 Å². The minimum Gasteiger partial charge on any atom is -0.478 e. The van der Waals surface area contributed by atoms with Gasteiger partial charge in [0.2, 0.25) is 0 Å². The molecule has 4 nitrogen and oxygen atoms in total. The number of carboxylic acid groups (broad SMARTS) is 1. The lowest BCUT2D eigenvalue weighted by Crippen LogP contribution is -2.27. The number of carboxylic acids is 1. The second kappa shape index (κ2) is 6.02. The fourth-order valence-corrected chi connectivity index (χ4v) is 2.97. The molecule has 0 atom stereocenters. The Morgan fingerprint density at radius 3 is 2.90 bits per heavy atom. The van der Waals surface area contributed by atoms with Crippen LogP contribution in [0.25, 0.3) is 6.08 Å².